The molecule has 1 aliphatic rings. The molecule has 0 aliphatic carbocycles. The van der Waals surface area contributed by atoms with E-state index in [1.807, 2.05) is 43.3 Å². The molecular weight excluding hydrogens is 412 g/mol. The maximum Gasteiger partial charge on any atom is 0.320 e. The Labute approximate surface area is 184 Å². The SMILES string of the molecule is CC1(CC(=O)O)CCN(c2ccc(NC(=O)c3nnc(Nc4ccccc4)o3)cn2)CC1. The average molecular weight is 436 g/mol. The van der Waals surface area contributed by atoms with Crippen LogP contribution in [0.2, 0.25) is 0 Å². The highest BCUT2D eigenvalue weighted by molar-refractivity contribution is 6.00. The van der Waals surface area contributed by atoms with Crippen molar-refractivity contribution in [3.63, 3.8) is 0 Å². The fraction of sp³-hybridized carbons (Fsp3) is 0.318. The van der Waals surface area contributed by atoms with E-state index in [0.717, 1.165) is 37.4 Å². The molecule has 166 valence electrons. The number of carbonyl (C=O) groups excluding carboxylic acids is 1. The molecule has 0 spiro atoms. The van der Waals surface area contributed by atoms with Crippen LogP contribution < -0.4 is 15.5 Å². The van der Waals surface area contributed by atoms with Gasteiger partial charge < -0.3 is 25.1 Å². The number of nitrogens with one attached hydrogen (secondary N) is 2. The number of carbonyl (C=O) groups is 2. The lowest BCUT2D eigenvalue weighted by molar-refractivity contribution is -0.139. The quantitative estimate of drug-likeness (QED) is 0.508. The monoisotopic (exact) mass is 436 g/mol. The Bertz CT molecular complexity index is 1080. The summed E-state index contributed by atoms with van der Waals surface area (Å²) in [6.45, 7) is 3.49. The number of rotatable bonds is 7. The van der Waals surface area contributed by atoms with Crippen LogP contribution in [0, 0.1) is 5.41 Å². The van der Waals surface area contributed by atoms with E-state index in [0.29, 0.717) is 5.69 Å². The van der Waals surface area contributed by atoms with E-state index in [4.69, 9.17) is 9.52 Å². The number of aliphatic carboxylic acids is 1. The smallest absolute Gasteiger partial charge is 0.320 e. The van der Waals surface area contributed by atoms with Crippen LogP contribution in [-0.2, 0) is 4.79 Å². The zero-order chi connectivity index (χ0) is 22.6. The first-order valence-electron chi connectivity index (χ1n) is 10.3. The fourth-order valence-corrected chi connectivity index (χ4v) is 3.66. The van der Waals surface area contributed by atoms with Crippen molar-refractivity contribution in [2.45, 2.75) is 26.2 Å². The van der Waals surface area contributed by atoms with Crippen LogP contribution in [0.5, 0.6) is 0 Å². The van der Waals surface area contributed by atoms with E-state index >= 15 is 0 Å². The molecule has 0 radical (unpaired) electrons. The van der Waals surface area contributed by atoms with Gasteiger partial charge in [0.25, 0.3) is 0 Å². The normalized spacial score (nSPS) is 15.2. The van der Waals surface area contributed by atoms with Crippen molar-refractivity contribution >= 4 is 35.1 Å². The van der Waals surface area contributed by atoms with Crippen molar-refractivity contribution < 1.29 is 19.1 Å². The first kappa shape index (κ1) is 21.3. The number of carboxylic acid groups (broad SMARTS) is 1. The Morgan fingerprint density at radius 2 is 1.84 bits per heavy atom. The second-order valence-corrected chi connectivity index (χ2v) is 8.13. The molecule has 1 aromatic carbocycles. The van der Waals surface area contributed by atoms with Crippen molar-refractivity contribution in [3.05, 3.63) is 54.6 Å². The van der Waals surface area contributed by atoms with Gasteiger partial charge in [-0.1, -0.05) is 30.2 Å². The average Bonchev–Trinajstić information content (AvgIpc) is 3.24. The topological polar surface area (TPSA) is 133 Å². The number of aromatic nitrogens is 3. The summed E-state index contributed by atoms with van der Waals surface area (Å²) in [7, 11) is 0. The lowest BCUT2D eigenvalue weighted by atomic mass is 9.77. The molecule has 32 heavy (non-hydrogen) atoms. The van der Waals surface area contributed by atoms with Crippen LogP contribution in [0.3, 0.4) is 0 Å². The maximum atomic E-state index is 12.4. The van der Waals surface area contributed by atoms with Gasteiger partial charge in [0, 0.05) is 18.8 Å². The minimum Gasteiger partial charge on any atom is -0.481 e. The third kappa shape index (κ3) is 5.20. The number of anilines is 4. The summed E-state index contributed by atoms with van der Waals surface area (Å²) < 4.78 is 5.37. The molecule has 1 fully saturated rings. The minimum absolute atomic E-state index is 0.120. The standard InChI is InChI=1S/C22H24N6O4/c1-22(13-18(29)30)9-11-28(12-10-22)17-8-7-16(14-23-17)24-19(31)20-26-27-21(32-20)25-15-5-3-2-4-6-15/h2-8,14H,9-13H2,1H3,(H,24,31)(H,25,27)(H,29,30). The lowest BCUT2D eigenvalue weighted by Crippen LogP contribution is -2.40. The molecule has 1 saturated heterocycles. The number of para-hydroxylation sites is 1. The molecule has 3 aromatic rings. The van der Waals surface area contributed by atoms with Crippen molar-refractivity contribution in [1.29, 1.82) is 0 Å². The second kappa shape index (κ2) is 9.04. The summed E-state index contributed by atoms with van der Waals surface area (Å²) in [4.78, 5) is 30.0. The summed E-state index contributed by atoms with van der Waals surface area (Å²) in [5.74, 6) is -0.673. The van der Waals surface area contributed by atoms with Crippen LogP contribution in [0.1, 0.15) is 36.9 Å². The summed E-state index contributed by atoms with van der Waals surface area (Å²) in [5, 5.41) is 22.3. The fourth-order valence-electron chi connectivity index (χ4n) is 3.66. The molecule has 3 N–H and O–H groups in total. The molecule has 3 heterocycles. The second-order valence-electron chi connectivity index (χ2n) is 8.13. The number of carboxylic acids is 1. The molecule has 1 amide bonds. The third-order valence-corrected chi connectivity index (χ3v) is 5.52. The number of piperidine rings is 1. The molecule has 1 aliphatic heterocycles. The van der Waals surface area contributed by atoms with Crippen molar-refractivity contribution in [1.82, 2.24) is 15.2 Å². The van der Waals surface area contributed by atoms with Gasteiger partial charge in [-0.25, -0.2) is 4.98 Å². The Morgan fingerprint density at radius 3 is 2.50 bits per heavy atom. The van der Waals surface area contributed by atoms with Crippen LogP contribution >= 0.6 is 0 Å². The lowest BCUT2D eigenvalue weighted by Gasteiger charge is -2.39. The largest absolute Gasteiger partial charge is 0.481 e. The van der Waals surface area contributed by atoms with Crippen LogP contribution in [0.4, 0.5) is 23.2 Å². The van der Waals surface area contributed by atoms with E-state index in [2.05, 4.69) is 30.7 Å². The molecule has 4 rings (SSSR count). The van der Waals surface area contributed by atoms with Gasteiger partial charge in [0.2, 0.25) is 0 Å². The van der Waals surface area contributed by atoms with E-state index in [1.54, 1.807) is 12.3 Å². The van der Waals surface area contributed by atoms with Gasteiger partial charge in [0.05, 0.1) is 18.3 Å². The highest BCUT2D eigenvalue weighted by Crippen LogP contribution is 2.35. The van der Waals surface area contributed by atoms with E-state index in [9.17, 15) is 9.59 Å². The molecule has 0 unspecified atom stereocenters. The van der Waals surface area contributed by atoms with Gasteiger partial charge in [0.15, 0.2) is 0 Å². The van der Waals surface area contributed by atoms with Crippen molar-refractivity contribution in [2.75, 3.05) is 28.6 Å². The zero-order valence-electron chi connectivity index (χ0n) is 17.6. The number of pyridine rings is 1. The Hall–Kier alpha value is -3.95. The van der Waals surface area contributed by atoms with Gasteiger partial charge in [-0.3, -0.25) is 9.59 Å². The number of hydrogen-bond donors (Lipinski definition) is 3. The molecule has 0 saturated carbocycles. The summed E-state index contributed by atoms with van der Waals surface area (Å²) in [6, 6.07) is 13.0. The Morgan fingerprint density at radius 1 is 1.09 bits per heavy atom. The van der Waals surface area contributed by atoms with Gasteiger partial charge in [-0.15, -0.1) is 5.10 Å². The van der Waals surface area contributed by atoms with Crippen molar-refractivity contribution in [3.8, 4) is 0 Å². The predicted octanol–water partition coefficient (Wildman–Crippen LogP) is 3.54. The number of benzene rings is 1. The molecule has 10 nitrogen and oxygen atoms in total. The first-order chi connectivity index (χ1) is 15.4. The van der Waals surface area contributed by atoms with Gasteiger partial charge in [-0.05, 0) is 42.5 Å². The highest BCUT2D eigenvalue weighted by atomic mass is 16.4. The van der Waals surface area contributed by atoms with Crippen LogP contribution in [0.25, 0.3) is 0 Å². The first-order valence-corrected chi connectivity index (χ1v) is 10.3. The molecule has 0 atom stereocenters. The molecule has 10 heteroatoms. The van der Waals surface area contributed by atoms with E-state index in [-0.39, 0.29) is 23.7 Å². The minimum atomic E-state index is -0.761. The Kier molecular flexibility index (Phi) is 6.02. The van der Waals surface area contributed by atoms with Crippen LogP contribution in [-0.4, -0.2) is 45.3 Å². The molecular formula is C22H24N6O4. The Balaban J connectivity index is 1.32. The molecule has 2 aromatic heterocycles. The van der Waals surface area contributed by atoms with Gasteiger partial charge >= 0.3 is 23.8 Å². The van der Waals surface area contributed by atoms with Crippen LogP contribution in [0.15, 0.2) is 53.1 Å². The van der Waals surface area contributed by atoms with E-state index < -0.39 is 11.9 Å². The predicted molar refractivity (Wildman–Crippen MR) is 118 cm³/mol. The van der Waals surface area contributed by atoms with Crippen molar-refractivity contribution in [2.24, 2.45) is 5.41 Å². The number of amides is 1. The number of nitrogens with zero attached hydrogens (tertiary/aromatic N) is 4. The van der Waals surface area contributed by atoms with Gasteiger partial charge in [0.1, 0.15) is 5.82 Å². The third-order valence-electron chi connectivity index (χ3n) is 5.52. The summed E-state index contributed by atoms with van der Waals surface area (Å²) >= 11 is 0. The summed E-state index contributed by atoms with van der Waals surface area (Å²) in [6.07, 6.45) is 3.32. The van der Waals surface area contributed by atoms with Gasteiger partial charge in [-0.2, -0.15) is 0 Å². The number of hydrogen-bond acceptors (Lipinski definition) is 8. The molecule has 0 bridgehead atoms. The maximum absolute atomic E-state index is 12.4. The summed E-state index contributed by atoms with van der Waals surface area (Å²) in [5.41, 5.74) is 1.08. The highest BCUT2D eigenvalue weighted by Gasteiger charge is 2.32. The zero-order valence-corrected chi connectivity index (χ0v) is 17.6. The van der Waals surface area contributed by atoms with E-state index in [1.165, 1.54) is 0 Å².